The van der Waals surface area contributed by atoms with E-state index in [-0.39, 0.29) is 5.69 Å². The topological polar surface area (TPSA) is 56.1 Å². The molecule has 0 radical (unpaired) electrons. The van der Waals surface area contributed by atoms with Gasteiger partial charge in [0.15, 0.2) is 11.6 Å². The first-order chi connectivity index (χ1) is 12.9. The Morgan fingerprint density at radius 2 is 1.93 bits per heavy atom. The standard InChI is InChI=1S/C19H16F2IN3O2/c1-11-3-4-12(7-13(11)10-23-19(26)27-2)17-5-6-25(24-17)18-15(20)8-14(22)9-16(18)21/h3-9H,10H2,1-2H3,(H,23,26). The Bertz CT molecular complexity index is 981. The van der Waals surface area contributed by atoms with E-state index in [0.717, 1.165) is 16.7 Å². The number of hydrogen-bond acceptors (Lipinski definition) is 3. The number of ether oxygens (including phenoxy) is 1. The molecule has 0 unspecified atom stereocenters. The third-order valence-corrected chi connectivity index (χ3v) is 4.68. The number of carbonyl (C=O) groups is 1. The minimum atomic E-state index is -0.680. The van der Waals surface area contributed by atoms with Crippen molar-refractivity contribution in [3.05, 3.63) is 68.9 Å². The molecule has 0 fully saturated rings. The molecule has 0 aliphatic heterocycles. The molecule has 1 heterocycles. The van der Waals surface area contributed by atoms with Crippen molar-refractivity contribution in [3.63, 3.8) is 0 Å². The molecular weight excluding hydrogens is 467 g/mol. The lowest BCUT2D eigenvalue weighted by molar-refractivity contribution is 0.170. The van der Waals surface area contributed by atoms with Gasteiger partial charge in [-0.1, -0.05) is 12.1 Å². The van der Waals surface area contributed by atoms with Crippen molar-refractivity contribution in [2.24, 2.45) is 0 Å². The average molecular weight is 483 g/mol. The number of carbonyl (C=O) groups excluding carboxylic acids is 1. The van der Waals surface area contributed by atoms with Crippen LogP contribution in [0, 0.1) is 22.1 Å². The van der Waals surface area contributed by atoms with Gasteiger partial charge in [-0.2, -0.15) is 5.10 Å². The monoisotopic (exact) mass is 483 g/mol. The summed E-state index contributed by atoms with van der Waals surface area (Å²) in [6.07, 6.45) is 0.990. The lowest BCUT2D eigenvalue weighted by Crippen LogP contribution is -2.22. The van der Waals surface area contributed by atoms with Crippen LogP contribution in [0.1, 0.15) is 11.1 Å². The van der Waals surface area contributed by atoms with Crippen LogP contribution in [0.2, 0.25) is 0 Å². The van der Waals surface area contributed by atoms with Crippen molar-refractivity contribution in [2.45, 2.75) is 13.5 Å². The van der Waals surface area contributed by atoms with Crippen LogP contribution in [0.3, 0.4) is 0 Å². The molecule has 1 amide bonds. The maximum Gasteiger partial charge on any atom is 0.407 e. The van der Waals surface area contributed by atoms with E-state index in [0.29, 0.717) is 15.8 Å². The van der Waals surface area contributed by atoms with Gasteiger partial charge in [0.05, 0.1) is 12.8 Å². The fraction of sp³-hybridized carbons (Fsp3) is 0.158. The van der Waals surface area contributed by atoms with E-state index >= 15 is 0 Å². The third kappa shape index (κ3) is 4.26. The van der Waals surface area contributed by atoms with Gasteiger partial charge in [-0.25, -0.2) is 18.3 Å². The number of aromatic nitrogens is 2. The Morgan fingerprint density at radius 1 is 1.22 bits per heavy atom. The summed E-state index contributed by atoms with van der Waals surface area (Å²) in [5.41, 5.74) is 2.99. The smallest absolute Gasteiger partial charge is 0.407 e. The Kier molecular flexibility index (Phi) is 5.73. The van der Waals surface area contributed by atoms with Crippen LogP contribution in [0.25, 0.3) is 16.9 Å². The Balaban J connectivity index is 1.92. The van der Waals surface area contributed by atoms with Crippen molar-refractivity contribution in [1.82, 2.24) is 15.1 Å². The Morgan fingerprint density at radius 3 is 2.59 bits per heavy atom. The second-order valence-electron chi connectivity index (χ2n) is 5.85. The Hall–Kier alpha value is -2.49. The van der Waals surface area contributed by atoms with E-state index in [1.54, 1.807) is 6.07 Å². The van der Waals surface area contributed by atoms with Crippen molar-refractivity contribution >= 4 is 28.7 Å². The molecule has 1 aromatic heterocycles. The third-order valence-electron chi connectivity index (χ3n) is 4.05. The van der Waals surface area contributed by atoms with Gasteiger partial charge in [-0.05, 0) is 64.9 Å². The first-order valence-corrected chi connectivity index (χ1v) is 9.09. The summed E-state index contributed by atoms with van der Waals surface area (Å²) in [6.45, 7) is 2.22. The van der Waals surface area contributed by atoms with Crippen LogP contribution in [-0.2, 0) is 11.3 Å². The highest BCUT2D eigenvalue weighted by Crippen LogP contribution is 2.25. The maximum atomic E-state index is 14.2. The minimum absolute atomic E-state index is 0.221. The largest absolute Gasteiger partial charge is 0.453 e. The zero-order chi connectivity index (χ0) is 19.6. The SMILES string of the molecule is COC(=O)NCc1cc(-c2ccn(-c3c(F)cc(I)cc3F)n2)ccc1C. The number of hydrogen-bond donors (Lipinski definition) is 1. The molecule has 27 heavy (non-hydrogen) atoms. The molecule has 3 aromatic rings. The molecule has 140 valence electrons. The number of rotatable bonds is 4. The van der Waals surface area contributed by atoms with E-state index in [1.165, 1.54) is 30.1 Å². The molecule has 8 heteroatoms. The summed E-state index contributed by atoms with van der Waals surface area (Å²) in [6, 6.07) is 9.82. The number of methoxy groups -OCH3 is 1. The van der Waals surface area contributed by atoms with Gasteiger partial charge < -0.3 is 10.1 Å². The number of benzene rings is 2. The van der Waals surface area contributed by atoms with Crippen molar-refractivity contribution in [1.29, 1.82) is 0 Å². The van der Waals surface area contributed by atoms with Gasteiger partial charge in [0.25, 0.3) is 0 Å². The first-order valence-electron chi connectivity index (χ1n) is 8.01. The van der Waals surface area contributed by atoms with Crippen molar-refractivity contribution < 1.29 is 18.3 Å². The number of alkyl carbamates (subject to hydrolysis) is 1. The fourth-order valence-corrected chi connectivity index (χ4v) is 3.16. The van der Waals surface area contributed by atoms with Gasteiger partial charge >= 0.3 is 6.09 Å². The molecule has 0 bridgehead atoms. The van der Waals surface area contributed by atoms with Crippen LogP contribution in [0.4, 0.5) is 13.6 Å². The van der Waals surface area contributed by atoms with Gasteiger partial charge in [0, 0.05) is 21.9 Å². The maximum absolute atomic E-state index is 14.2. The minimum Gasteiger partial charge on any atom is -0.453 e. The van der Waals surface area contributed by atoms with Gasteiger partial charge in [0.1, 0.15) is 5.69 Å². The van der Waals surface area contributed by atoms with Crippen LogP contribution in [0.5, 0.6) is 0 Å². The highest BCUT2D eigenvalue weighted by atomic mass is 127. The Labute approximate surface area is 168 Å². The van der Waals surface area contributed by atoms with E-state index in [2.05, 4.69) is 15.2 Å². The second-order valence-corrected chi connectivity index (χ2v) is 7.10. The van der Waals surface area contributed by atoms with E-state index in [4.69, 9.17) is 0 Å². The summed E-state index contributed by atoms with van der Waals surface area (Å²) in [5.74, 6) is -1.36. The predicted molar refractivity (Wildman–Crippen MR) is 106 cm³/mol. The summed E-state index contributed by atoms with van der Waals surface area (Å²) < 4.78 is 34.6. The van der Waals surface area contributed by atoms with Gasteiger partial charge in [-0.15, -0.1) is 0 Å². The number of halogens is 3. The molecular formula is C19H16F2IN3O2. The highest BCUT2D eigenvalue weighted by Gasteiger charge is 2.15. The second kappa shape index (κ2) is 8.03. The number of aryl methyl sites for hydroxylation is 1. The zero-order valence-electron chi connectivity index (χ0n) is 14.6. The number of nitrogens with one attached hydrogen (secondary N) is 1. The van der Waals surface area contributed by atoms with Crippen LogP contribution in [0.15, 0.2) is 42.6 Å². The zero-order valence-corrected chi connectivity index (χ0v) is 16.8. The molecule has 0 spiro atoms. The van der Waals surface area contributed by atoms with Crippen LogP contribution >= 0.6 is 22.6 Å². The van der Waals surface area contributed by atoms with Gasteiger partial charge in [0.2, 0.25) is 0 Å². The number of amides is 1. The molecule has 0 saturated heterocycles. The van der Waals surface area contributed by atoms with Crippen molar-refractivity contribution in [2.75, 3.05) is 7.11 Å². The fourth-order valence-electron chi connectivity index (χ4n) is 2.62. The number of nitrogens with zero attached hydrogens (tertiary/aromatic N) is 2. The van der Waals surface area contributed by atoms with E-state index in [1.807, 2.05) is 47.7 Å². The summed E-state index contributed by atoms with van der Waals surface area (Å²) in [5, 5.41) is 6.94. The molecule has 2 aromatic carbocycles. The quantitative estimate of drug-likeness (QED) is 0.553. The molecule has 3 rings (SSSR count). The summed E-state index contributed by atoms with van der Waals surface area (Å²) in [7, 11) is 1.30. The lowest BCUT2D eigenvalue weighted by Gasteiger charge is -2.09. The average Bonchev–Trinajstić information content (AvgIpc) is 3.09. The molecule has 0 saturated carbocycles. The normalized spacial score (nSPS) is 10.7. The highest BCUT2D eigenvalue weighted by molar-refractivity contribution is 14.1. The molecule has 5 nitrogen and oxygen atoms in total. The van der Waals surface area contributed by atoms with Crippen LogP contribution < -0.4 is 5.32 Å². The first kappa shape index (κ1) is 19.3. The lowest BCUT2D eigenvalue weighted by atomic mass is 10.0. The van der Waals surface area contributed by atoms with E-state index in [9.17, 15) is 13.6 Å². The van der Waals surface area contributed by atoms with Gasteiger partial charge in [-0.3, -0.25) is 0 Å². The molecule has 1 N–H and O–H groups in total. The molecule has 0 aliphatic rings. The molecule has 0 aliphatic carbocycles. The van der Waals surface area contributed by atoms with Crippen LogP contribution in [-0.4, -0.2) is 23.0 Å². The predicted octanol–water partition coefficient (Wildman–Crippen LogP) is 4.59. The summed E-state index contributed by atoms with van der Waals surface area (Å²) in [4.78, 5) is 11.3. The summed E-state index contributed by atoms with van der Waals surface area (Å²) >= 11 is 1.85. The molecule has 0 atom stereocenters. The van der Waals surface area contributed by atoms with E-state index < -0.39 is 17.7 Å². The van der Waals surface area contributed by atoms with Crippen molar-refractivity contribution in [3.8, 4) is 16.9 Å².